The molecule has 2 fully saturated rings. The summed E-state index contributed by atoms with van der Waals surface area (Å²) in [6.07, 6.45) is 5.08. The van der Waals surface area contributed by atoms with E-state index in [-0.39, 0.29) is 22.0 Å². The Morgan fingerprint density at radius 3 is 2.54 bits per heavy atom. The average Bonchev–Trinajstić information content (AvgIpc) is 3.24. The number of hydrogen-bond donors (Lipinski definition) is 1. The first-order valence-corrected chi connectivity index (χ1v) is 8.42. The van der Waals surface area contributed by atoms with Crippen LogP contribution in [0.2, 0.25) is 5.02 Å². The summed E-state index contributed by atoms with van der Waals surface area (Å²) < 4.78 is 16.4. The van der Waals surface area contributed by atoms with Crippen LogP contribution in [0.4, 0.5) is 10.1 Å². The molecule has 0 amide bonds. The average molecular weight is 351 g/mol. The maximum absolute atomic E-state index is 14.7. The number of carbonyl (C=O) groups is 1. The van der Waals surface area contributed by atoms with E-state index >= 15 is 0 Å². The van der Waals surface area contributed by atoms with Crippen LogP contribution in [0.25, 0.3) is 10.9 Å². The molecule has 2 heterocycles. The van der Waals surface area contributed by atoms with Gasteiger partial charge in [-0.2, -0.15) is 0 Å². The Hall–Kier alpha value is -2.08. The van der Waals surface area contributed by atoms with Crippen LogP contribution < -0.4 is 10.3 Å². The van der Waals surface area contributed by atoms with E-state index in [0.29, 0.717) is 11.2 Å². The van der Waals surface area contributed by atoms with Gasteiger partial charge in [0.15, 0.2) is 0 Å². The first kappa shape index (κ1) is 15.4. The summed E-state index contributed by atoms with van der Waals surface area (Å²) in [5.74, 6) is -1.88. The van der Waals surface area contributed by atoms with E-state index in [1.807, 2.05) is 4.90 Å². The molecule has 2 aromatic rings. The summed E-state index contributed by atoms with van der Waals surface area (Å²) >= 11 is 6.52. The highest BCUT2D eigenvalue weighted by Gasteiger charge is 2.30. The molecule has 5 nitrogen and oxygen atoms in total. The molecule has 24 heavy (non-hydrogen) atoms. The van der Waals surface area contributed by atoms with Gasteiger partial charge >= 0.3 is 5.97 Å². The lowest BCUT2D eigenvalue weighted by molar-refractivity contribution is 0.0695. The number of rotatable bonds is 3. The van der Waals surface area contributed by atoms with Crippen LogP contribution in [0.1, 0.15) is 42.1 Å². The highest BCUT2D eigenvalue weighted by atomic mass is 35.5. The Labute approximate surface area is 142 Å². The molecular weight excluding hydrogens is 335 g/mol. The van der Waals surface area contributed by atoms with Gasteiger partial charge in [0.1, 0.15) is 11.4 Å². The summed E-state index contributed by atoms with van der Waals surface area (Å²) in [5.41, 5.74) is -0.280. The molecule has 1 saturated heterocycles. The van der Waals surface area contributed by atoms with E-state index in [1.54, 1.807) is 4.57 Å². The maximum Gasteiger partial charge on any atom is 0.341 e. The number of anilines is 1. The van der Waals surface area contributed by atoms with Crippen LogP contribution in [0, 0.1) is 5.82 Å². The van der Waals surface area contributed by atoms with Crippen molar-refractivity contribution in [3.63, 3.8) is 0 Å². The minimum absolute atomic E-state index is 0.0345. The largest absolute Gasteiger partial charge is 0.477 e. The molecule has 7 heteroatoms. The fourth-order valence-electron chi connectivity index (χ4n) is 3.46. The molecule has 1 aliphatic heterocycles. The molecule has 0 spiro atoms. The van der Waals surface area contributed by atoms with Gasteiger partial charge in [-0.05, 0) is 31.7 Å². The second-order valence-electron chi connectivity index (χ2n) is 6.43. The number of pyridine rings is 1. The summed E-state index contributed by atoms with van der Waals surface area (Å²) in [4.78, 5) is 25.7. The second kappa shape index (κ2) is 5.48. The quantitative estimate of drug-likeness (QED) is 0.921. The number of aromatic nitrogens is 1. The third kappa shape index (κ3) is 2.28. The van der Waals surface area contributed by atoms with Crippen molar-refractivity contribution < 1.29 is 14.3 Å². The van der Waals surface area contributed by atoms with Crippen molar-refractivity contribution in [2.24, 2.45) is 0 Å². The number of halogens is 2. The fraction of sp³-hybridized carbons (Fsp3) is 0.412. The Kier molecular flexibility index (Phi) is 3.53. The fourth-order valence-corrected chi connectivity index (χ4v) is 3.86. The third-order valence-electron chi connectivity index (χ3n) is 4.78. The first-order chi connectivity index (χ1) is 11.5. The lowest BCUT2D eigenvalue weighted by Gasteiger charge is -2.22. The highest BCUT2D eigenvalue weighted by Crippen LogP contribution is 2.42. The van der Waals surface area contributed by atoms with E-state index in [9.17, 15) is 19.1 Å². The van der Waals surface area contributed by atoms with Gasteiger partial charge in [-0.25, -0.2) is 9.18 Å². The number of hydrogen-bond acceptors (Lipinski definition) is 3. The van der Waals surface area contributed by atoms with Crippen molar-refractivity contribution in [1.82, 2.24) is 4.57 Å². The predicted molar refractivity (Wildman–Crippen MR) is 89.9 cm³/mol. The van der Waals surface area contributed by atoms with Gasteiger partial charge in [0, 0.05) is 25.3 Å². The molecule has 1 aromatic heterocycles. The molecule has 1 aliphatic carbocycles. The SMILES string of the molecule is O=C(O)c1cn(C2CC2)c2c(Cl)c(N3CCCC3)c(F)cc2c1=O. The van der Waals surface area contributed by atoms with Gasteiger partial charge in [0.25, 0.3) is 0 Å². The molecule has 0 radical (unpaired) electrons. The van der Waals surface area contributed by atoms with E-state index in [2.05, 4.69) is 0 Å². The minimum Gasteiger partial charge on any atom is -0.477 e. The zero-order chi connectivity index (χ0) is 17.0. The van der Waals surface area contributed by atoms with Gasteiger partial charge in [-0.3, -0.25) is 4.79 Å². The van der Waals surface area contributed by atoms with E-state index in [1.165, 1.54) is 6.20 Å². The molecule has 1 saturated carbocycles. The monoisotopic (exact) mass is 350 g/mol. The molecule has 0 unspecified atom stereocenters. The van der Waals surface area contributed by atoms with Crippen molar-refractivity contribution in [1.29, 1.82) is 0 Å². The summed E-state index contributed by atoms with van der Waals surface area (Å²) in [5, 5.41) is 9.51. The Morgan fingerprint density at radius 2 is 1.96 bits per heavy atom. The Morgan fingerprint density at radius 1 is 1.29 bits per heavy atom. The lowest BCUT2D eigenvalue weighted by atomic mass is 10.1. The predicted octanol–water partition coefficient (Wildman–Crippen LogP) is 3.43. The van der Waals surface area contributed by atoms with Crippen molar-refractivity contribution in [3.8, 4) is 0 Å². The number of carboxylic acids is 1. The van der Waals surface area contributed by atoms with Gasteiger partial charge in [-0.1, -0.05) is 11.6 Å². The van der Waals surface area contributed by atoms with Crippen molar-refractivity contribution in [3.05, 3.63) is 38.9 Å². The number of carboxylic acid groups (broad SMARTS) is 1. The van der Waals surface area contributed by atoms with Gasteiger partial charge in [-0.15, -0.1) is 0 Å². The van der Waals surface area contributed by atoms with E-state index in [0.717, 1.165) is 44.8 Å². The van der Waals surface area contributed by atoms with E-state index < -0.39 is 17.2 Å². The van der Waals surface area contributed by atoms with Gasteiger partial charge in [0.05, 0.1) is 21.6 Å². The van der Waals surface area contributed by atoms with Gasteiger partial charge < -0.3 is 14.6 Å². The molecule has 1 aromatic carbocycles. The smallest absolute Gasteiger partial charge is 0.341 e. The Bertz CT molecular complexity index is 914. The minimum atomic E-state index is -1.31. The number of nitrogens with zero attached hydrogens (tertiary/aromatic N) is 2. The normalized spacial score (nSPS) is 17.7. The van der Waals surface area contributed by atoms with Crippen LogP contribution in [0.3, 0.4) is 0 Å². The molecule has 126 valence electrons. The van der Waals surface area contributed by atoms with Crippen molar-refractivity contribution in [2.75, 3.05) is 18.0 Å². The summed E-state index contributed by atoms with van der Waals surface area (Å²) in [7, 11) is 0. The third-order valence-corrected chi connectivity index (χ3v) is 5.13. The second-order valence-corrected chi connectivity index (χ2v) is 6.80. The molecular formula is C17H16ClFN2O3. The number of aromatic carboxylic acids is 1. The number of fused-ring (bicyclic) bond motifs is 1. The zero-order valence-corrected chi connectivity index (χ0v) is 13.6. The van der Waals surface area contributed by atoms with Crippen LogP contribution >= 0.6 is 11.6 Å². The summed E-state index contributed by atoms with van der Waals surface area (Å²) in [6, 6.07) is 1.25. The first-order valence-electron chi connectivity index (χ1n) is 8.04. The summed E-state index contributed by atoms with van der Waals surface area (Å²) in [6.45, 7) is 1.45. The molecule has 1 N–H and O–H groups in total. The van der Waals surface area contributed by atoms with Crippen LogP contribution in [-0.2, 0) is 0 Å². The maximum atomic E-state index is 14.7. The topological polar surface area (TPSA) is 62.5 Å². The van der Waals surface area contributed by atoms with Crippen LogP contribution in [0.5, 0.6) is 0 Å². The number of benzene rings is 1. The molecule has 0 atom stereocenters. The van der Waals surface area contributed by atoms with Crippen molar-refractivity contribution >= 4 is 34.2 Å². The lowest BCUT2D eigenvalue weighted by Crippen LogP contribution is -2.22. The molecule has 4 rings (SSSR count). The van der Waals surface area contributed by atoms with E-state index in [4.69, 9.17) is 11.6 Å². The van der Waals surface area contributed by atoms with Crippen LogP contribution in [-0.4, -0.2) is 28.7 Å². The Balaban J connectivity index is 2.07. The van der Waals surface area contributed by atoms with Gasteiger partial charge in [0.2, 0.25) is 5.43 Å². The zero-order valence-electron chi connectivity index (χ0n) is 12.9. The van der Waals surface area contributed by atoms with Crippen molar-refractivity contribution in [2.45, 2.75) is 31.7 Å². The standard InChI is InChI=1S/C17H16ClFN2O3/c18-13-14-10(7-12(19)15(13)20-5-1-2-6-20)16(22)11(17(23)24)8-21(14)9-3-4-9/h7-9H,1-6H2,(H,23,24). The molecule has 0 bridgehead atoms. The highest BCUT2D eigenvalue weighted by molar-refractivity contribution is 6.38. The van der Waals surface area contributed by atoms with Crippen LogP contribution in [0.15, 0.2) is 17.1 Å². The molecule has 2 aliphatic rings.